The Hall–Kier alpha value is -3.82. The van der Waals surface area contributed by atoms with Gasteiger partial charge in [-0.1, -0.05) is 78.0 Å². The van der Waals surface area contributed by atoms with E-state index in [-0.39, 0.29) is 11.5 Å². The van der Waals surface area contributed by atoms with Crippen LogP contribution < -0.4 is 10.2 Å². The van der Waals surface area contributed by atoms with Gasteiger partial charge in [-0.05, 0) is 43.2 Å². The molecule has 0 aromatic heterocycles. The largest absolute Gasteiger partial charge is 0.321 e. The van der Waals surface area contributed by atoms with Gasteiger partial charge in [0.2, 0.25) is 5.91 Å². The van der Waals surface area contributed by atoms with Gasteiger partial charge in [0.05, 0.1) is 5.25 Å². The minimum absolute atomic E-state index is 0.0811. The van der Waals surface area contributed by atoms with Crippen LogP contribution in [-0.2, 0) is 16.0 Å². The van der Waals surface area contributed by atoms with Gasteiger partial charge in [0.15, 0.2) is 0 Å². The minimum Gasteiger partial charge on any atom is -0.321 e. The standard InChI is InChI=1S/C26H21N3O2S/c1-18-12-14-19(15-13-18)16-23-25(31)29(21-10-6-3-7-11-21)26(32-23)22(17-27)24(30)28-20-8-4-2-5-9-20/h2-15,23H,16H2,1H3,(H,28,30)/b26-22-. The normalized spacial score (nSPS) is 17.1. The van der Waals surface area contributed by atoms with Crippen LogP contribution >= 0.6 is 11.8 Å². The van der Waals surface area contributed by atoms with Gasteiger partial charge in [0, 0.05) is 11.4 Å². The zero-order chi connectivity index (χ0) is 22.5. The molecule has 0 bridgehead atoms. The molecular formula is C26H21N3O2S. The molecule has 0 spiro atoms. The number of carbonyl (C=O) groups is 2. The Bertz CT molecular complexity index is 1200. The van der Waals surface area contributed by atoms with Crippen molar-refractivity contribution in [2.75, 3.05) is 10.2 Å². The van der Waals surface area contributed by atoms with Crippen molar-refractivity contribution in [3.63, 3.8) is 0 Å². The van der Waals surface area contributed by atoms with E-state index in [0.29, 0.717) is 22.8 Å². The van der Waals surface area contributed by atoms with E-state index in [1.54, 1.807) is 36.4 Å². The Morgan fingerprint density at radius 1 is 1.00 bits per heavy atom. The summed E-state index contributed by atoms with van der Waals surface area (Å²) in [6.07, 6.45) is 0.510. The number of anilines is 2. The number of nitriles is 1. The predicted octanol–water partition coefficient (Wildman–Crippen LogP) is 5.06. The summed E-state index contributed by atoms with van der Waals surface area (Å²) in [4.78, 5) is 27.9. The second kappa shape index (κ2) is 9.54. The molecular weight excluding hydrogens is 418 g/mol. The van der Waals surface area contributed by atoms with E-state index in [4.69, 9.17) is 0 Å². The van der Waals surface area contributed by atoms with E-state index in [0.717, 1.165) is 11.1 Å². The molecule has 5 nitrogen and oxygen atoms in total. The Labute approximate surface area is 191 Å². The summed E-state index contributed by atoms with van der Waals surface area (Å²) in [6.45, 7) is 2.02. The lowest BCUT2D eigenvalue weighted by atomic mass is 10.1. The first kappa shape index (κ1) is 21.4. The number of aryl methyl sites for hydroxylation is 1. The molecule has 6 heteroatoms. The highest BCUT2D eigenvalue weighted by molar-refractivity contribution is 8.05. The second-order valence-electron chi connectivity index (χ2n) is 7.42. The van der Waals surface area contributed by atoms with E-state index in [1.807, 2.05) is 61.5 Å². The Kier molecular flexibility index (Phi) is 6.39. The zero-order valence-corrected chi connectivity index (χ0v) is 18.3. The molecule has 1 aliphatic heterocycles. The lowest BCUT2D eigenvalue weighted by Crippen LogP contribution is -2.30. The lowest BCUT2D eigenvalue weighted by molar-refractivity contribution is -0.117. The van der Waals surface area contributed by atoms with Gasteiger partial charge in [-0.2, -0.15) is 5.26 Å². The Morgan fingerprint density at radius 3 is 2.25 bits per heavy atom. The van der Waals surface area contributed by atoms with Gasteiger partial charge in [0.1, 0.15) is 16.7 Å². The number of hydrogen-bond donors (Lipinski definition) is 1. The van der Waals surface area contributed by atoms with Gasteiger partial charge in [-0.3, -0.25) is 14.5 Å². The third-order valence-corrected chi connectivity index (χ3v) is 6.36. The molecule has 1 heterocycles. The first-order valence-electron chi connectivity index (χ1n) is 10.2. The third kappa shape index (κ3) is 4.58. The van der Waals surface area contributed by atoms with Crippen LogP contribution in [0.2, 0.25) is 0 Å². The fraction of sp³-hybridized carbons (Fsp3) is 0.115. The van der Waals surface area contributed by atoms with Crippen LogP contribution in [-0.4, -0.2) is 17.1 Å². The number of hydrogen-bond acceptors (Lipinski definition) is 4. The molecule has 2 amide bonds. The molecule has 3 aromatic carbocycles. The summed E-state index contributed by atoms with van der Waals surface area (Å²) in [5.41, 5.74) is 3.31. The molecule has 158 valence electrons. The maximum atomic E-state index is 13.4. The lowest BCUT2D eigenvalue weighted by Gasteiger charge is -2.18. The van der Waals surface area contributed by atoms with Crippen LogP contribution in [0.3, 0.4) is 0 Å². The van der Waals surface area contributed by atoms with Crippen LogP contribution in [0.25, 0.3) is 0 Å². The van der Waals surface area contributed by atoms with E-state index in [2.05, 4.69) is 5.32 Å². The topological polar surface area (TPSA) is 73.2 Å². The highest BCUT2D eigenvalue weighted by Gasteiger charge is 2.40. The van der Waals surface area contributed by atoms with E-state index in [1.165, 1.54) is 16.7 Å². The Balaban J connectivity index is 1.71. The molecule has 32 heavy (non-hydrogen) atoms. The molecule has 4 rings (SSSR count). The maximum Gasteiger partial charge on any atom is 0.269 e. The minimum atomic E-state index is -0.536. The number of nitrogens with zero attached hydrogens (tertiary/aromatic N) is 2. The van der Waals surface area contributed by atoms with Crippen LogP contribution in [0, 0.1) is 18.3 Å². The van der Waals surface area contributed by atoms with Gasteiger partial charge < -0.3 is 5.32 Å². The molecule has 3 aromatic rings. The van der Waals surface area contributed by atoms with Crippen molar-refractivity contribution in [1.82, 2.24) is 0 Å². The smallest absolute Gasteiger partial charge is 0.269 e. The zero-order valence-electron chi connectivity index (χ0n) is 17.5. The fourth-order valence-corrected chi connectivity index (χ4v) is 4.76. The summed E-state index contributed by atoms with van der Waals surface area (Å²) in [5, 5.41) is 12.6. The van der Waals surface area contributed by atoms with Crippen molar-refractivity contribution in [3.8, 4) is 6.07 Å². The second-order valence-corrected chi connectivity index (χ2v) is 8.61. The van der Waals surface area contributed by atoms with Gasteiger partial charge in [-0.15, -0.1) is 0 Å². The molecule has 1 aliphatic rings. The van der Waals surface area contributed by atoms with Gasteiger partial charge in [-0.25, -0.2) is 0 Å². The van der Waals surface area contributed by atoms with Crippen LogP contribution in [0.1, 0.15) is 11.1 Å². The van der Waals surface area contributed by atoms with Crippen molar-refractivity contribution in [3.05, 3.63) is 107 Å². The fourth-order valence-electron chi connectivity index (χ4n) is 3.45. The molecule has 0 saturated carbocycles. The van der Waals surface area contributed by atoms with Crippen molar-refractivity contribution in [2.45, 2.75) is 18.6 Å². The monoisotopic (exact) mass is 439 g/mol. The van der Waals surface area contributed by atoms with Crippen molar-refractivity contribution in [1.29, 1.82) is 5.26 Å². The van der Waals surface area contributed by atoms with E-state index >= 15 is 0 Å². The number of para-hydroxylation sites is 2. The molecule has 1 saturated heterocycles. The highest BCUT2D eigenvalue weighted by atomic mass is 32.2. The highest BCUT2D eigenvalue weighted by Crippen LogP contribution is 2.42. The SMILES string of the molecule is Cc1ccc(CC2S/C(=C(/C#N)C(=O)Nc3ccccc3)N(c3ccccc3)C2=O)cc1. The number of carbonyl (C=O) groups excluding carboxylic acids is 2. The molecule has 1 unspecified atom stereocenters. The number of rotatable bonds is 5. The maximum absolute atomic E-state index is 13.4. The van der Waals surface area contributed by atoms with Crippen molar-refractivity contribution in [2.24, 2.45) is 0 Å². The molecule has 0 aliphatic carbocycles. The van der Waals surface area contributed by atoms with Crippen LogP contribution in [0.15, 0.2) is 95.5 Å². The van der Waals surface area contributed by atoms with Gasteiger partial charge >= 0.3 is 0 Å². The van der Waals surface area contributed by atoms with Crippen LogP contribution in [0.4, 0.5) is 11.4 Å². The predicted molar refractivity (Wildman–Crippen MR) is 128 cm³/mol. The van der Waals surface area contributed by atoms with Gasteiger partial charge in [0.25, 0.3) is 5.91 Å². The number of thioether (sulfide) groups is 1. The molecule has 1 fully saturated rings. The Morgan fingerprint density at radius 2 is 1.62 bits per heavy atom. The molecule has 1 atom stereocenters. The number of benzene rings is 3. The molecule has 1 N–H and O–H groups in total. The summed E-state index contributed by atoms with van der Waals surface area (Å²) < 4.78 is 0. The third-order valence-electron chi connectivity index (χ3n) is 5.09. The van der Waals surface area contributed by atoms with Crippen molar-refractivity contribution >= 4 is 35.0 Å². The van der Waals surface area contributed by atoms with Crippen molar-refractivity contribution < 1.29 is 9.59 Å². The number of nitrogens with one attached hydrogen (secondary N) is 1. The summed E-state index contributed by atoms with van der Waals surface area (Å²) in [5.74, 6) is -0.678. The summed E-state index contributed by atoms with van der Waals surface area (Å²) in [6, 6.07) is 28.1. The first-order chi connectivity index (χ1) is 15.6. The summed E-state index contributed by atoms with van der Waals surface area (Å²) >= 11 is 1.26. The van der Waals surface area contributed by atoms with E-state index < -0.39 is 11.2 Å². The van der Waals surface area contributed by atoms with E-state index in [9.17, 15) is 14.9 Å². The first-order valence-corrected chi connectivity index (χ1v) is 11.1. The average Bonchev–Trinajstić information content (AvgIpc) is 3.12. The molecule has 0 radical (unpaired) electrons. The quantitative estimate of drug-likeness (QED) is 0.445. The van der Waals surface area contributed by atoms with Crippen LogP contribution in [0.5, 0.6) is 0 Å². The number of amides is 2. The average molecular weight is 440 g/mol. The summed E-state index contributed by atoms with van der Waals surface area (Å²) in [7, 11) is 0.